The average Bonchev–Trinajstić information content (AvgIpc) is 2.75. The average molecular weight is 246 g/mol. The molecule has 0 aromatic heterocycles. The zero-order chi connectivity index (χ0) is 13.1. The summed E-state index contributed by atoms with van der Waals surface area (Å²) >= 11 is 0. The maximum atomic E-state index is 3.46. The van der Waals surface area contributed by atoms with Crippen molar-refractivity contribution < 1.29 is 0 Å². The van der Waals surface area contributed by atoms with Crippen LogP contribution in [-0.4, -0.2) is 24.5 Å². The molecule has 18 heavy (non-hydrogen) atoms. The zero-order valence-electron chi connectivity index (χ0n) is 12.2. The third-order valence-electron chi connectivity index (χ3n) is 3.88. The molecule has 2 heteroatoms. The van der Waals surface area contributed by atoms with Crippen molar-refractivity contribution in [1.82, 2.24) is 4.90 Å². The lowest BCUT2D eigenvalue weighted by molar-refractivity contribution is 0.220. The van der Waals surface area contributed by atoms with Gasteiger partial charge in [-0.2, -0.15) is 0 Å². The minimum absolute atomic E-state index is 0.645. The summed E-state index contributed by atoms with van der Waals surface area (Å²) < 4.78 is 0. The fraction of sp³-hybridized carbons (Fsp3) is 0.625. The van der Waals surface area contributed by atoms with Gasteiger partial charge in [0.15, 0.2) is 0 Å². The van der Waals surface area contributed by atoms with E-state index in [2.05, 4.69) is 56.2 Å². The molecule has 0 saturated heterocycles. The fourth-order valence-corrected chi connectivity index (χ4v) is 2.74. The Hall–Kier alpha value is -1.02. The Morgan fingerprint density at radius 1 is 1.28 bits per heavy atom. The third kappa shape index (κ3) is 3.26. The van der Waals surface area contributed by atoms with Gasteiger partial charge in [-0.15, -0.1) is 0 Å². The highest BCUT2D eigenvalue weighted by molar-refractivity contribution is 5.56. The van der Waals surface area contributed by atoms with E-state index < -0.39 is 0 Å². The van der Waals surface area contributed by atoms with E-state index in [0.717, 1.165) is 19.0 Å². The van der Waals surface area contributed by atoms with Gasteiger partial charge in [-0.05, 0) is 49.9 Å². The Balaban J connectivity index is 1.96. The van der Waals surface area contributed by atoms with Crippen LogP contribution in [0.4, 0.5) is 5.69 Å². The molecular weight excluding hydrogens is 220 g/mol. The molecule has 2 rings (SSSR count). The highest BCUT2D eigenvalue weighted by Crippen LogP contribution is 2.24. The lowest BCUT2D eigenvalue weighted by atomic mass is 10.0. The number of hydrogen-bond donors (Lipinski definition) is 1. The number of benzene rings is 1. The standard InChI is InChI=1S/C16H26N2/c1-12(2)9-13(3)18(4)11-14-5-6-15-7-8-17-16(15)10-14/h5-6,10,12-13,17H,7-9,11H2,1-4H3. The molecule has 2 nitrogen and oxygen atoms in total. The maximum Gasteiger partial charge on any atom is 0.0376 e. The lowest BCUT2D eigenvalue weighted by Gasteiger charge is -2.26. The molecule has 0 bridgehead atoms. The van der Waals surface area contributed by atoms with Gasteiger partial charge in [0.1, 0.15) is 0 Å². The predicted octanol–water partition coefficient (Wildman–Crippen LogP) is 3.52. The van der Waals surface area contributed by atoms with Crippen LogP contribution in [0, 0.1) is 5.92 Å². The molecule has 1 aromatic rings. The van der Waals surface area contributed by atoms with E-state index >= 15 is 0 Å². The summed E-state index contributed by atoms with van der Waals surface area (Å²) in [5.41, 5.74) is 4.23. The number of rotatable bonds is 5. The molecule has 1 aliphatic rings. The van der Waals surface area contributed by atoms with Crippen LogP contribution >= 0.6 is 0 Å². The molecule has 100 valence electrons. The van der Waals surface area contributed by atoms with Crippen molar-refractivity contribution >= 4 is 5.69 Å². The topological polar surface area (TPSA) is 15.3 Å². The van der Waals surface area contributed by atoms with Crippen LogP contribution in [0.15, 0.2) is 18.2 Å². The summed E-state index contributed by atoms with van der Waals surface area (Å²) in [5.74, 6) is 0.768. The van der Waals surface area contributed by atoms with Gasteiger partial charge in [0.05, 0.1) is 0 Å². The predicted molar refractivity (Wildman–Crippen MR) is 79.0 cm³/mol. The first-order valence-electron chi connectivity index (χ1n) is 7.12. The van der Waals surface area contributed by atoms with Gasteiger partial charge in [-0.1, -0.05) is 26.0 Å². The molecule has 1 heterocycles. The number of nitrogens with zero attached hydrogens (tertiary/aromatic N) is 1. The molecule has 0 aliphatic carbocycles. The van der Waals surface area contributed by atoms with Crippen LogP contribution in [0.3, 0.4) is 0 Å². The van der Waals surface area contributed by atoms with Gasteiger partial charge < -0.3 is 5.32 Å². The van der Waals surface area contributed by atoms with Gasteiger partial charge in [0.2, 0.25) is 0 Å². The highest BCUT2D eigenvalue weighted by Gasteiger charge is 2.14. The molecule has 1 N–H and O–H groups in total. The van der Waals surface area contributed by atoms with E-state index in [4.69, 9.17) is 0 Å². The molecule has 0 radical (unpaired) electrons. The van der Waals surface area contributed by atoms with Gasteiger partial charge in [-0.3, -0.25) is 4.90 Å². The van der Waals surface area contributed by atoms with Crippen molar-refractivity contribution in [1.29, 1.82) is 0 Å². The maximum absolute atomic E-state index is 3.46. The summed E-state index contributed by atoms with van der Waals surface area (Å²) in [7, 11) is 2.23. The molecule has 0 spiro atoms. The Kier molecular flexibility index (Phi) is 4.28. The number of anilines is 1. The van der Waals surface area contributed by atoms with Crippen molar-refractivity contribution in [3.8, 4) is 0 Å². The van der Waals surface area contributed by atoms with Gasteiger partial charge >= 0.3 is 0 Å². The Labute approximate surface area is 111 Å². The van der Waals surface area contributed by atoms with Crippen LogP contribution in [0.5, 0.6) is 0 Å². The summed E-state index contributed by atoms with van der Waals surface area (Å²) in [5, 5.41) is 3.46. The van der Waals surface area contributed by atoms with Crippen molar-refractivity contribution in [2.75, 3.05) is 18.9 Å². The summed E-state index contributed by atoms with van der Waals surface area (Å²) in [4.78, 5) is 2.46. The molecule has 1 aromatic carbocycles. The summed E-state index contributed by atoms with van der Waals surface area (Å²) in [6, 6.07) is 7.53. The first-order valence-corrected chi connectivity index (χ1v) is 7.12. The largest absolute Gasteiger partial charge is 0.384 e. The molecular formula is C16H26N2. The van der Waals surface area contributed by atoms with Crippen LogP contribution in [-0.2, 0) is 13.0 Å². The monoisotopic (exact) mass is 246 g/mol. The Morgan fingerprint density at radius 3 is 2.78 bits per heavy atom. The van der Waals surface area contributed by atoms with E-state index in [-0.39, 0.29) is 0 Å². The Morgan fingerprint density at radius 2 is 2.06 bits per heavy atom. The minimum atomic E-state index is 0.645. The minimum Gasteiger partial charge on any atom is -0.384 e. The van der Waals surface area contributed by atoms with Crippen molar-refractivity contribution in [2.24, 2.45) is 5.92 Å². The zero-order valence-corrected chi connectivity index (χ0v) is 12.2. The number of nitrogens with one attached hydrogen (secondary N) is 1. The van der Waals surface area contributed by atoms with E-state index in [1.807, 2.05) is 0 Å². The van der Waals surface area contributed by atoms with Crippen LogP contribution < -0.4 is 5.32 Å². The summed E-state index contributed by atoms with van der Waals surface area (Å²) in [6.07, 6.45) is 2.44. The molecule has 0 fully saturated rings. The molecule has 1 unspecified atom stereocenters. The Bertz CT molecular complexity index is 398. The van der Waals surface area contributed by atoms with Crippen molar-refractivity contribution in [3.05, 3.63) is 29.3 Å². The lowest BCUT2D eigenvalue weighted by Crippen LogP contribution is -2.29. The van der Waals surface area contributed by atoms with E-state index in [9.17, 15) is 0 Å². The van der Waals surface area contributed by atoms with Crippen molar-refractivity contribution in [3.63, 3.8) is 0 Å². The fourth-order valence-electron chi connectivity index (χ4n) is 2.74. The first kappa shape index (κ1) is 13.4. The normalized spacial score (nSPS) is 15.9. The second-order valence-electron chi connectivity index (χ2n) is 6.06. The van der Waals surface area contributed by atoms with Gasteiger partial charge in [0, 0.05) is 24.8 Å². The van der Waals surface area contributed by atoms with E-state index in [1.165, 1.54) is 29.7 Å². The van der Waals surface area contributed by atoms with E-state index in [1.54, 1.807) is 0 Å². The van der Waals surface area contributed by atoms with Crippen LogP contribution in [0.25, 0.3) is 0 Å². The smallest absolute Gasteiger partial charge is 0.0376 e. The molecule has 1 atom stereocenters. The number of hydrogen-bond acceptors (Lipinski definition) is 2. The highest BCUT2D eigenvalue weighted by atomic mass is 15.1. The first-order chi connectivity index (χ1) is 8.56. The van der Waals surface area contributed by atoms with Crippen LogP contribution in [0.1, 0.15) is 38.3 Å². The molecule has 0 amide bonds. The second-order valence-corrected chi connectivity index (χ2v) is 6.06. The third-order valence-corrected chi connectivity index (χ3v) is 3.88. The second kappa shape index (κ2) is 5.75. The van der Waals surface area contributed by atoms with E-state index in [0.29, 0.717) is 6.04 Å². The summed E-state index contributed by atoms with van der Waals surface area (Å²) in [6.45, 7) is 9.06. The van der Waals surface area contributed by atoms with Gasteiger partial charge in [-0.25, -0.2) is 0 Å². The number of fused-ring (bicyclic) bond motifs is 1. The van der Waals surface area contributed by atoms with Crippen LogP contribution in [0.2, 0.25) is 0 Å². The molecule has 1 aliphatic heterocycles. The quantitative estimate of drug-likeness (QED) is 0.855. The van der Waals surface area contributed by atoms with Gasteiger partial charge in [0.25, 0.3) is 0 Å². The SMILES string of the molecule is CC(C)CC(C)N(C)Cc1ccc2c(c1)NCC2. The van der Waals surface area contributed by atoms with Crippen molar-refractivity contribution in [2.45, 2.75) is 46.2 Å². The molecule has 0 saturated carbocycles.